The standard InChI is InChI=1S/C15H22N2O2/c18-11-14(9-12-5-2-1-3-6-12)17-15(19)13-7-4-8-16-10-13/h1-3,5-6,13-14,16,18H,4,7-11H2,(H,17,19)/t13-,14-/m0/s1. The zero-order chi connectivity index (χ0) is 13.5. The first-order valence-corrected chi connectivity index (χ1v) is 6.95. The highest BCUT2D eigenvalue weighted by Crippen LogP contribution is 2.11. The van der Waals surface area contributed by atoms with E-state index in [-0.39, 0.29) is 24.5 Å². The van der Waals surface area contributed by atoms with Crippen molar-refractivity contribution in [3.8, 4) is 0 Å². The molecular weight excluding hydrogens is 240 g/mol. The Labute approximate surface area is 114 Å². The molecule has 2 atom stereocenters. The van der Waals surface area contributed by atoms with Gasteiger partial charge in [-0.05, 0) is 31.4 Å². The summed E-state index contributed by atoms with van der Waals surface area (Å²) in [6.07, 6.45) is 2.64. The molecule has 0 aliphatic carbocycles. The van der Waals surface area contributed by atoms with Crippen LogP contribution in [0.2, 0.25) is 0 Å². The highest BCUT2D eigenvalue weighted by atomic mass is 16.3. The van der Waals surface area contributed by atoms with Gasteiger partial charge in [0.05, 0.1) is 18.6 Å². The SMILES string of the molecule is O=C(N[C@H](CO)Cc1ccccc1)[C@H]1CCCNC1. The first-order valence-electron chi connectivity index (χ1n) is 6.95. The van der Waals surface area contributed by atoms with Crippen LogP contribution in [-0.4, -0.2) is 36.8 Å². The average molecular weight is 262 g/mol. The van der Waals surface area contributed by atoms with Crippen LogP contribution in [0.15, 0.2) is 30.3 Å². The first-order chi connectivity index (χ1) is 9.29. The molecule has 1 aliphatic heterocycles. The Hall–Kier alpha value is -1.39. The molecule has 104 valence electrons. The van der Waals surface area contributed by atoms with E-state index in [1.54, 1.807) is 0 Å². The molecule has 0 aromatic heterocycles. The molecule has 0 saturated carbocycles. The largest absolute Gasteiger partial charge is 0.394 e. The van der Waals surface area contributed by atoms with Gasteiger partial charge in [-0.3, -0.25) is 4.79 Å². The van der Waals surface area contributed by atoms with Gasteiger partial charge in [0.15, 0.2) is 0 Å². The maximum absolute atomic E-state index is 12.1. The van der Waals surface area contributed by atoms with Gasteiger partial charge in [0.2, 0.25) is 5.91 Å². The van der Waals surface area contributed by atoms with Crippen molar-refractivity contribution >= 4 is 5.91 Å². The number of aliphatic hydroxyl groups excluding tert-OH is 1. The Bertz CT molecular complexity index is 388. The van der Waals surface area contributed by atoms with Crippen LogP contribution in [0, 0.1) is 5.92 Å². The van der Waals surface area contributed by atoms with E-state index >= 15 is 0 Å². The van der Waals surface area contributed by atoms with Crippen molar-refractivity contribution in [2.45, 2.75) is 25.3 Å². The van der Waals surface area contributed by atoms with Crippen molar-refractivity contribution in [2.24, 2.45) is 5.92 Å². The van der Waals surface area contributed by atoms with Gasteiger partial charge >= 0.3 is 0 Å². The van der Waals surface area contributed by atoms with E-state index < -0.39 is 0 Å². The smallest absolute Gasteiger partial charge is 0.224 e. The lowest BCUT2D eigenvalue weighted by Gasteiger charge is -2.24. The fourth-order valence-corrected chi connectivity index (χ4v) is 2.45. The molecule has 1 aromatic carbocycles. The third-order valence-electron chi connectivity index (χ3n) is 3.56. The Kier molecular flexibility index (Phi) is 5.36. The van der Waals surface area contributed by atoms with Crippen LogP contribution < -0.4 is 10.6 Å². The number of hydrogen-bond acceptors (Lipinski definition) is 3. The maximum Gasteiger partial charge on any atom is 0.224 e. The van der Waals surface area contributed by atoms with Crippen LogP contribution in [0.5, 0.6) is 0 Å². The van der Waals surface area contributed by atoms with Gasteiger partial charge in [-0.15, -0.1) is 0 Å². The molecule has 4 nitrogen and oxygen atoms in total. The molecule has 1 aliphatic rings. The maximum atomic E-state index is 12.1. The van der Waals surface area contributed by atoms with Gasteiger partial charge < -0.3 is 15.7 Å². The van der Waals surface area contributed by atoms with Gasteiger partial charge in [0.25, 0.3) is 0 Å². The lowest BCUT2D eigenvalue weighted by Crippen LogP contribution is -2.46. The van der Waals surface area contributed by atoms with Crippen LogP contribution >= 0.6 is 0 Å². The van der Waals surface area contributed by atoms with Crippen LogP contribution in [0.4, 0.5) is 0 Å². The van der Waals surface area contributed by atoms with E-state index in [9.17, 15) is 9.90 Å². The van der Waals surface area contributed by atoms with Gasteiger partial charge in [0.1, 0.15) is 0 Å². The highest BCUT2D eigenvalue weighted by Gasteiger charge is 2.22. The van der Waals surface area contributed by atoms with Gasteiger partial charge in [0, 0.05) is 6.54 Å². The summed E-state index contributed by atoms with van der Waals surface area (Å²) in [6.45, 7) is 1.72. The van der Waals surface area contributed by atoms with Crippen LogP contribution in [-0.2, 0) is 11.2 Å². The summed E-state index contributed by atoms with van der Waals surface area (Å²) in [5, 5.41) is 15.6. The molecule has 1 fully saturated rings. The Morgan fingerprint density at radius 1 is 1.42 bits per heavy atom. The summed E-state index contributed by atoms with van der Waals surface area (Å²) in [6, 6.07) is 9.72. The summed E-state index contributed by atoms with van der Waals surface area (Å²) < 4.78 is 0. The second-order valence-corrected chi connectivity index (χ2v) is 5.12. The van der Waals surface area contributed by atoms with Crippen molar-refractivity contribution in [3.05, 3.63) is 35.9 Å². The Morgan fingerprint density at radius 3 is 2.84 bits per heavy atom. The number of rotatable bonds is 5. The fraction of sp³-hybridized carbons (Fsp3) is 0.533. The lowest BCUT2D eigenvalue weighted by molar-refractivity contribution is -0.126. The molecule has 0 unspecified atom stereocenters. The van der Waals surface area contributed by atoms with E-state index in [4.69, 9.17) is 0 Å². The summed E-state index contributed by atoms with van der Waals surface area (Å²) in [7, 11) is 0. The number of amides is 1. The molecule has 1 saturated heterocycles. The van der Waals surface area contributed by atoms with Crippen molar-refractivity contribution in [2.75, 3.05) is 19.7 Å². The van der Waals surface area contributed by atoms with E-state index in [2.05, 4.69) is 10.6 Å². The topological polar surface area (TPSA) is 61.4 Å². The lowest BCUT2D eigenvalue weighted by atomic mass is 9.98. The second-order valence-electron chi connectivity index (χ2n) is 5.12. The molecule has 19 heavy (non-hydrogen) atoms. The Balaban J connectivity index is 1.86. The van der Waals surface area contributed by atoms with Crippen molar-refractivity contribution in [1.82, 2.24) is 10.6 Å². The molecular formula is C15H22N2O2. The minimum Gasteiger partial charge on any atom is -0.394 e. The summed E-state index contributed by atoms with van der Waals surface area (Å²) in [5.41, 5.74) is 1.13. The fourth-order valence-electron chi connectivity index (χ4n) is 2.45. The number of piperidine rings is 1. The van der Waals surface area contributed by atoms with Crippen LogP contribution in [0.1, 0.15) is 18.4 Å². The second kappa shape index (κ2) is 7.26. The number of hydrogen-bond donors (Lipinski definition) is 3. The van der Waals surface area contributed by atoms with E-state index in [0.717, 1.165) is 31.5 Å². The van der Waals surface area contributed by atoms with Gasteiger partial charge in [-0.25, -0.2) is 0 Å². The predicted octanol–water partition coefficient (Wildman–Crippen LogP) is 0.706. The summed E-state index contributed by atoms with van der Waals surface area (Å²) >= 11 is 0. The van der Waals surface area contributed by atoms with Crippen molar-refractivity contribution in [3.63, 3.8) is 0 Å². The monoisotopic (exact) mass is 262 g/mol. The molecule has 1 heterocycles. The number of benzene rings is 1. The van der Waals surface area contributed by atoms with Gasteiger partial charge in [-0.1, -0.05) is 30.3 Å². The molecule has 3 N–H and O–H groups in total. The zero-order valence-corrected chi connectivity index (χ0v) is 11.1. The minimum atomic E-state index is -0.197. The number of carbonyl (C=O) groups excluding carboxylic acids is 1. The highest BCUT2D eigenvalue weighted by molar-refractivity contribution is 5.79. The number of aliphatic hydroxyl groups is 1. The Morgan fingerprint density at radius 2 is 2.21 bits per heavy atom. The molecule has 4 heteroatoms. The van der Waals surface area contributed by atoms with E-state index in [1.165, 1.54) is 0 Å². The first kappa shape index (κ1) is 14.0. The predicted molar refractivity (Wildman–Crippen MR) is 74.8 cm³/mol. The zero-order valence-electron chi connectivity index (χ0n) is 11.1. The molecule has 0 spiro atoms. The molecule has 2 rings (SSSR count). The third kappa shape index (κ3) is 4.33. The number of carbonyl (C=O) groups is 1. The van der Waals surface area contributed by atoms with Crippen molar-refractivity contribution in [1.29, 1.82) is 0 Å². The minimum absolute atomic E-state index is 0.0270. The molecule has 1 aromatic rings. The number of nitrogens with one attached hydrogen (secondary N) is 2. The van der Waals surface area contributed by atoms with Crippen LogP contribution in [0.25, 0.3) is 0 Å². The van der Waals surface area contributed by atoms with Crippen LogP contribution in [0.3, 0.4) is 0 Å². The summed E-state index contributed by atoms with van der Waals surface area (Å²) in [5.74, 6) is 0.0979. The quantitative estimate of drug-likeness (QED) is 0.732. The average Bonchev–Trinajstić information content (AvgIpc) is 2.48. The van der Waals surface area contributed by atoms with E-state index in [1.807, 2.05) is 30.3 Å². The molecule has 1 amide bonds. The molecule has 0 radical (unpaired) electrons. The third-order valence-corrected chi connectivity index (χ3v) is 3.56. The van der Waals surface area contributed by atoms with E-state index in [0.29, 0.717) is 6.42 Å². The summed E-state index contributed by atoms with van der Waals surface area (Å²) in [4.78, 5) is 12.1. The normalized spacial score (nSPS) is 20.8. The van der Waals surface area contributed by atoms with Gasteiger partial charge in [-0.2, -0.15) is 0 Å². The van der Waals surface area contributed by atoms with Crippen molar-refractivity contribution < 1.29 is 9.90 Å². The molecule has 0 bridgehead atoms.